The van der Waals surface area contributed by atoms with Gasteiger partial charge in [0, 0.05) is 29.8 Å². The lowest BCUT2D eigenvalue weighted by Crippen LogP contribution is -2.46. The number of halogens is 1. The highest BCUT2D eigenvalue weighted by molar-refractivity contribution is 9.10. The van der Waals surface area contributed by atoms with Gasteiger partial charge in [-0.1, -0.05) is 0 Å². The summed E-state index contributed by atoms with van der Waals surface area (Å²) in [7, 11) is 0. The Hall–Kier alpha value is -2.02. The van der Waals surface area contributed by atoms with E-state index in [9.17, 15) is 9.59 Å². The molecule has 122 valence electrons. The predicted molar refractivity (Wildman–Crippen MR) is 88.3 cm³/mol. The monoisotopic (exact) mass is 379 g/mol. The number of aryl methyl sites for hydroxylation is 1. The molecule has 6 nitrogen and oxygen atoms in total. The Bertz CT molecular complexity index is 714. The number of rotatable bonds is 3. The zero-order valence-electron chi connectivity index (χ0n) is 12.8. The highest BCUT2D eigenvalue weighted by Crippen LogP contribution is 2.17. The third kappa shape index (κ3) is 3.67. The summed E-state index contributed by atoms with van der Waals surface area (Å²) in [5.74, 6) is 0.836. The second-order valence-electron chi connectivity index (χ2n) is 5.68. The van der Waals surface area contributed by atoms with E-state index in [0.717, 1.165) is 17.3 Å². The molecule has 1 saturated heterocycles. The Kier molecular flexibility index (Phi) is 4.56. The molecule has 2 N–H and O–H groups in total. The zero-order chi connectivity index (χ0) is 16.4. The smallest absolute Gasteiger partial charge is 0.287 e. The molecule has 1 fully saturated rings. The van der Waals surface area contributed by atoms with Crippen LogP contribution in [-0.4, -0.2) is 40.8 Å². The van der Waals surface area contributed by atoms with E-state index in [1.54, 1.807) is 36.2 Å². The number of H-pyrrole nitrogens is 1. The number of aromatic amines is 1. The number of amides is 2. The summed E-state index contributed by atoms with van der Waals surface area (Å²) in [4.78, 5) is 29.2. The first kappa shape index (κ1) is 15.9. The summed E-state index contributed by atoms with van der Waals surface area (Å²) in [5.41, 5.74) is 0.574. The zero-order valence-corrected chi connectivity index (χ0v) is 14.4. The van der Waals surface area contributed by atoms with E-state index in [0.29, 0.717) is 30.3 Å². The third-order valence-electron chi connectivity index (χ3n) is 3.96. The number of nitrogens with one attached hydrogen (secondary N) is 2. The van der Waals surface area contributed by atoms with Gasteiger partial charge in [0.05, 0.1) is 0 Å². The number of aromatic nitrogens is 1. The van der Waals surface area contributed by atoms with E-state index < -0.39 is 0 Å². The largest absolute Gasteiger partial charge is 0.456 e. The topological polar surface area (TPSA) is 78.3 Å². The molecule has 1 aliphatic heterocycles. The normalized spacial score (nSPS) is 15.7. The summed E-state index contributed by atoms with van der Waals surface area (Å²) in [6, 6.07) is 5.28. The van der Waals surface area contributed by atoms with Crippen LogP contribution >= 0.6 is 15.9 Å². The van der Waals surface area contributed by atoms with E-state index in [1.165, 1.54) is 0 Å². The second-order valence-corrected chi connectivity index (χ2v) is 6.60. The first-order valence-electron chi connectivity index (χ1n) is 7.53. The average Bonchev–Trinajstić information content (AvgIpc) is 3.16. The Morgan fingerprint density at radius 2 is 2.09 bits per heavy atom. The minimum Gasteiger partial charge on any atom is -0.456 e. The van der Waals surface area contributed by atoms with Crippen LogP contribution in [0.1, 0.15) is 39.6 Å². The fourth-order valence-corrected chi connectivity index (χ4v) is 3.05. The molecule has 0 unspecified atom stereocenters. The first-order valence-corrected chi connectivity index (χ1v) is 8.33. The van der Waals surface area contributed by atoms with Crippen LogP contribution in [0.2, 0.25) is 0 Å². The van der Waals surface area contributed by atoms with E-state index in [-0.39, 0.29) is 17.9 Å². The molecule has 0 aliphatic carbocycles. The fourth-order valence-electron chi connectivity index (χ4n) is 2.70. The lowest BCUT2D eigenvalue weighted by molar-refractivity contribution is 0.0690. The van der Waals surface area contributed by atoms with E-state index in [2.05, 4.69) is 26.2 Å². The van der Waals surface area contributed by atoms with Gasteiger partial charge in [-0.2, -0.15) is 0 Å². The van der Waals surface area contributed by atoms with E-state index >= 15 is 0 Å². The number of hydrogen-bond donors (Lipinski definition) is 2. The van der Waals surface area contributed by atoms with Crippen LogP contribution in [0.15, 0.2) is 33.3 Å². The molecular weight excluding hydrogens is 362 g/mol. The van der Waals surface area contributed by atoms with Crippen LogP contribution in [0.4, 0.5) is 0 Å². The van der Waals surface area contributed by atoms with Crippen molar-refractivity contribution in [1.82, 2.24) is 15.2 Å². The number of carbonyl (C=O) groups excluding carboxylic acids is 2. The van der Waals surface area contributed by atoms with Gasteiger partial charge in [0.15, 0.2) is 5.76 Å². The summed E-state index contributed by atoms with van der Waals surface area (Å²) in [5, 5.41) is 2.97. The van der Waals surface area contributed by atoms with Crippen molar-refractivity contribution in [3.63, 3.8) is 0 Å². The minimum absolute atomic E-state index is 0.0119. The molecule has 0 radical (unpaired) electrons. The maximum atomic E-state index is 12.3. The van der Waals surface area contributed by atoms with Gasteiger partial charge in [-0.25, -0.2) is 0 Å². The standard InChI is InChI=1S/C16H18BrN3O3/c1-10-2-3-14(23-10)15(21)19-12-4-6-20(7-5-12)16(22)13-8-11(17)9-18-13/h2-3,8-9,12,18H,4-7H2,1H3,(H,19,21). The lowest BCUT2D eigenvalue weighted by atomic mass is 10.0. The second kappa shape index (κ2) is 6.62. The molecule has 1 aliphatic rings. The number of likely N-dealkylation sites (tertiary alicyclic amines) is 1. The third-order valence-corrected chi connectivity index (χ3v) is 4.42. The van der Waals surface area contributed by atoms with Gasteiger partial charge >= 0.3 is 0 Å². The van der Waals surface area contributed by atoms with Crippen LogP contribution in [-0.2, 0) is 0 Å². The Balaban J connectivity index is 1.52. The SMILES string of the molecule is Cc1ccc(C(=O)NC2CCN(C(=O)c3cc(Br)c[nH]3)CC2)o1. The number of nitrogens with zero attached hydrogens (tertiary/aromatic N) is 1. The quantitative estimate of drug-likeness (QED) is 0.860. The van der Waals surface area contributed by atoms with Crippen molar-refractivity contribution in [3.8, 4) is 0 Å². The van der Waals surface area contributed by atoms with E-state index in [4.69, 9.17) is 4.42 Å². The molecule has 2 amide bonds. The number of piperidine rings is 1. The lowest BCUT2D eigenvalue weighted by Gasteiger charge is -2.32. The van der Waals surface area contributed by atoms with Gasteiger partial charge < -0.3 is 19.6 Å². The molecule has 2 aromatic rings. The molecule has 0 aromatic carbocycles. The van der Waals surface area contributed by atoms with Crippen LogP contribution in [0.5, 0.6) is 0 Å². The maximum Gasteiger partial charge on any atom is 0.287 e. The molecular formula is C16H18BrN3O3. The summed E-state index contributed by atoms with van der Waals surface area (Å²) < 4.78 is 6.18. The minimum atomic E-state index is -0.198. The van der Waals surface area contributed by atoms with Crippen LogP contribution in [0.25, 0.3) is 0 Å². The van der Waals surface area contributed by atoms with Crippen molar-refractivity contribution < 1.29 is 14.0 Å². The van der Waals surface area contributed by atoms with Crippen molar-refractivity contribution in [1.29, 1.82) is 0 Å². The van der Waals surface area contributed by atoms with Gasteiger partial charge in [-0.15, -0.1) is 0 Å². The van der Waals surface area contributed by atoms with Crippen LogP contribution < -0.4 is 5.32 Å². The summed E-state index contributed by atoms with van der Waals surface area (Å²) >= 11 is 3.33. The van der Waals surface area contributed by atoms with Gasteiger partial charge in [-0.3, -0.25) is 9.59 Å². The van der Waals surface area contributed by atoms with Gasteiger partial charge in [-0.05, 0) is 53.9 Å². The van der Waals surface area contributed by atoms with Gasteiger partial charge in [0.2, 0.25) is 0 Å². The molecule has 23 heavy (non-hydrogen) atoms. The highest BCUT2D eigenvalue weighted by Gasteiger charge is 2.26. The Morgan fingerprint density at radius 1 is 1.35 bits per heavy atom. The molecule has 0 saturated carbocycles. The molecule has 2 aromatic heterocycles. The Labute approximate surface area is 142 Å². The van der Waals surface area contributed by atoms with Crippen molar-refractivity contribution in [3.05, 3.63) is 46.1 Å². The Morgan fingerprint density at radius 3 is 2.65 bits per heavy atom. The number of furan rings is 1. The average molecular weight is 380 g/mol. The molecule has 0 atom stereocenters. The van der Waals surface area contributed by atoms with Crippen LogP contribution in [0.3, 0.4) is 0 Å². The van der Waals surface area contributed by atoms with Crippen LogP contribution in [0, 0.1) is 6.92 Å². The highest BCUT2D eigenvalue weighted by atomic mass is 79.9. The van der Waals surface area contributed by atoms with Gasteiger partial charge in [0.25, 0.3) is 11.8 Å². The van der Waals surface area contributed by atoms with E-state index in [1.807, 2.05) is 0 Å². The van der Waals surface area contributed by atoms with Crippen molar-refractivity contribution in [2.75, 3.05) is 13.1 Å². The van der Waals surface area contributed by atoms with Gasteiger partial charge in [0.1, 0.15) is 11.5 Å². The molecule has 3 heterocycles. The molecule has 3 rings (SSSR count). The molecule has 0 spiro atoms. The molecule has 0 bridgehead atoms. The van der Waals surface area contributed by atoms with Crippen molar-refractivity contribution >= 4 is 27.7 Å². The van der Waals surface area contributed by atoms with Crippen molar-refractivity contribution in [2.45, 2.75) is 25.8 Å². The maximum absolute atomic E-state index is 12.3. The fraction of sp³-hybridized carbons (Fsp3) is 0.375. The molecule has 7 heteroatoms. The first-order chi connectivity index (χ1) is 11.0. The summed E-state index contributed by atoms with van der Waals surface area (Å²) in [6.07, 6.45) is 3.21. The van der Waals surface area contributed by atoms with Crippen molar-refractivity contribution in [2.24, 2.45) is 0 Å². The summed E-state index contributed by atoms with van der Waals surface area (Å²) in [6.45, 7) is 3.05. The number of hydrogen-bond acceptors (Lipinski definition) is 3. The predicted octanol–water partition coefficient (Wildman–Crippen LogP) is 2.71. The number of carbonyl (C=O) groups is 2.